The number of carbonyl (C=O) groups is 1. The SMILES string of the molecule is [CH2]OC(=O)OC1CCCO1. The van der Waals surface area contributed by atoms with Crippen LogP contribution in [-0.2, 0) is 14.2 Å². The van der Waals surface area contributed by atoms with Crippen molar-refractivity contribution in [3.8, 4) is 0 Å². The van der Waals surface area contributed by atoms with Gasteiger partial charge in [-0.25, -0.2) is 4.79 Å². The maximum absolute atomic E-state index is 10.4. The molecule has 1 unspecified atom stereocenters. The van der Waals surface area contributed by atoms with Crippen LogP contribution in [0.1, 0.15) is 12.8 Å². The molecule has 0 aromatic rings. The number of carbonyl (C=O) groups excluding carboxylic acids is 1. The molecule has 0 amide bonds. The Bertz CT molecular complexity index is 117. The molecular weight excluding hydrogens is 136 g/mol. The van der Waals surface area contributed by atoms with Gasteiger partial charge in [0.1, 0.15) is 7.11 Å². The van der Waals surface area contributed by atoms with Crippen molar-refractivity contribution in [1.82, 2.24) is 0 Å². The number of hydrogen-bond acceptors (Lipinski definition) is 4. The summed E-state index contributed by atoms with van der Waals surface area (Å²) in [6.45, 7) is 0.648. The lowest BCUT2D eigenvalue weighted by Gasteiger charge is -2.08. The lowest BCUT2D eigenvalue weighted by Crippen LogP contribution is -2.15. The molecule has 1 rings (SSSR count). The standard InChI is InChI=1S/C6H9O4/c1-8-6(7)10-5-3-2-4-9-5/h5H,1-4H2. The smallest absolute Gasteiger partial charge is 0.431 e. The summed E-state index contributed by atoms with van der Waals surface area (Å²) in [7, 11) is 2.90. The van der Waals surface area contributed by atoms with Crippen LogP contribution in [0.15, 0.2) is 0 Å². The van der Waals surface area contributed by atoms with Crippen LogP contribution in [0.2, 0.25) is 0 Å². The summed E-state index contributed by atoms with van der Waals surface area (Å²) in [6.07, 6.45) is 0.464. The molecule has 0 aromatic carbocycles. The van der Waals surface area contributed by atoms with Gasteiger partial charge in [-0.05, 0) is 6.42 Å². The molecule has 4 nitrogen and oxygen atoms in total. The van der Waals surface area contributed by atoms with Gasteiger partial charge >= 0.3 is 6.16 Å². The molecule has 57 valence electrons. The zero-order valence-electron chi connectivity index (χ0n) is 5.54. The Morgan fingerprint density at radius 3 is 3.00 bits per heavy atom. The third-order valence-corrected chi connectivity index (χ3v) is 1.23. The molecule has 1 radical (unpaired) electrons. The maximum atomic E-state index is 10.4. The third kappa shape index (κ3) is 1.88. The fourth-order valence-electron chi connectivity index (χ4n) is 0.782. The van der Waals surface area contributed by atoms with Crippen molar-refractivity contribution in [2.45, 2.75) is 19.1 Å². The van der Waals surface area contributed by atoms with Gasteiger partial charge in [-0.3, -0.25) is 0 Å². The molecule has 1 heterocycles. The van der Waals surface area contributed by atoms with Crippen LogP contribution >= 0.6 is 0 Å². The normalized spacial score (nSPS) is 24.3. The zero-order valence-corrected chi connectivity index (χ0v) is 5.54. The summed E-state index contributed by atoms with van der Waals surface area (Å²) >= 11 is 0. The topological polar surface area (TPSA) is 44.8 Å². The van der Waals surface area contributed by atoms with E-state index in [4.69, 9.17) is 4.74 Å². The minimum Gasteiger partial charge on any atom is -0.431 e. The third-order valence-electron chi connectivity index (χ3n) is 1.23. The maximum Gasteiger partial charge on any atom is 0.510 e. The predicted octanol–water partition coefficient (Wildman–Crippen LogP) is 1.07. The fraction of sp³-hybridized carbons (Fsp3) is 0.667. The molecule has 0 bridgehead atoms. The molecule has 0 N–H and O–H groups in total. The minimum absolute atomic E-state index is 0.422. The Balaban J connectivity index is 2.17. The van der Waals surface area contributed by atoms with E-state index in [1.807, 2.05) is 0 Å². The molecule has 0 saturated carbocycles. The van der Waals surface area contributed by atoms with Gasteiger partial charge in [-0.15, -0.1) is 0 Å². The quantitative estimate of drug-likeness (QED) is 0.517. The van der Waals surface area contributed by atoms with Crippen molar-refractivity contribution in [3.63, 3.8) is 0 Å². The van der Waals surface area contributed by atoms with Gasteiger partial charge in [0.25, 0.3) is 0 Å². The molecule has 1 fully saturated rings. The number of ether oxygens (including phenoxy) is 3. The second-order valence-electron chi connectivity index (χ2n) is 1.95. The van der Waals surface area contributed by atoms with E-state index in [-0.39, 0.29) is 0 Å². The first-order valence-electron chi connectivity index (χ1n) is 3.07. The van der Waals surface area contributed by atoms with Crippen molar-refractivity contribution in [3.05, 3.63) is 7.11 Å². The van der Waals surface area contributed by atoms with Gasteiger partial charge < -0.3 is 14.2 Å². The van der Waals surface area contributed by atoms with Gasteiger partial charge in [0.15, 0.2) is 0 Å². The van der Waals surface area contributed by atoms with Crippen LogP contribution in [0.25, 0.3) is 0 Å². The summed E-state index contributed by atoms with van der Waals surface area (Å²) in [4.78, 5) is 10.4. The highest BCUT2D eigenvalue weighted by Crippen LogP contribution is 2.13. The van der Waals surface area contributed by atoms with Crippen LogP contribution in [0.3, 0.4) is 0 Å². The van der Waals surface area contributed by atoms with Crippen molar-refractivity contribution in [2.24, 2.45) is 0 Å². The van der Waals surface area contributed by atoms with Crippen LogP contribution < -0.4 is 0 Å². The molecule has 1 saturated heterocycles. The van der Waals surface area contributed by atoms with Gasteiger partial charge in [-0.2, -0.15) is 0 Å². The second kappa shape index (κ2) is 3.41. The van der Waals surface area contributed by atoms with E-state index in [0.717, 1.165) is 12.8 Å². The summed E-state index contributed by atoms with van der Waals surface area (Å²) in [5, 5.41) is 0. The fourth-order valence-corrected chi connectivity index (χ4v) is 0.782. The molecule has 1 atom stereocenters. The van der Waals surface area contributed by atoms with E-state index >= 15 is 0 Å². The highest BCUT2D eigenvalue weighted by Gasteiger charge is 2.19. The Hall–Kier alpha value is -0.770. The lowest BCUT2D eigenvalue weighted by molar-refractivity contribution is -0.0853. The monoisotopic (exact) mass is 145 g/mol. The van der Waals surface area contributed by atoms with E-state index < -0.39 is 12.4 Å². The predicted molar refractivity (Wildman–Crippen MR) is 31.9 cm³/mol. The van der Waals surface area contributed by atoms with E-state index in [1.54, 1.807) is 0 Å². The van der Waals surface area contributed by atoms with Gasteiger partial charge in [0.05, 0.1) is 6.61 Å². The molecule has 0 aromatic heterocycles. The number of rotatable bonds is 1. The second-order valence-corrected chi connectivity index (χ2v) is 1.95. The average molecular weight is 145 g/mol. The van der Waals surface area contributed by atoms with Crippen molar-refractivity contribution < 1.29 is 19.0 Å². The molecule has 0 spiro atoms. The Morgan fingerprint density at radius 2 is 2.50 bits per heavy atom. The molecule has 1 aliphatic rings. The first kappa shape index (κ1) is 7.34. The highest BCUT2D eigenvalue weighted by molar-refractivity contribution is 5.60. The van der Waals surface area contributed by atoms with Gasteiger partial charge in [-0.1, -0.05) is 0 Å². The van der Waals surface area contributed by atoms with E-state index in [2.05, 4.69) is 16.6 Å². The van der Waals surface area contributed by atoms with Gasteiger partial charge in [0.2, 0.25) is 6.29 Å². The van der Waals surface area contributed by atoms with Crippen LogP contribution in [0.4, 0.5) is 4.79 Å². The number of hydrogen-bond donors (Lipinski definition) is 0. The first-order chi connectivity index (χ1) is 4.83. The molecular formula is C6H9O4. The van der Waals surface area contributed by atoms with E-state index in [1.165, 1.54) is 0 Å². The molecule has 0 aliphatic carbocycles. The Morgan fingerprint density at radius 1 is 1.70 bits per heavy atom. The van der Waals surface area contributed by atoms with Crippen LogP contribution in [-0.4, -0.2) is 19.1 Å². The van der Waals surface area contributed by atoms with Crippen LogP contribution in [0.5, 0.6) is 0 Å². The summed E-state index contributed by atoms with van der Waals surface area (Å²) in [5.41, 5.74) is 0. The Kier molecular flexibility index (Phi) is 2.50. The van der Waals surface area contributed by atoms with Crippen molar-refractivity contribution >= 4 is 6.16 Å². The summed E-state index contributed by atoms with van der Waals surface area (Å²) < 4.78 is 13.6. The van der Waals surface area contributed by atoms with Crippen molar-refractivity contribution in [2.75, 3.05) is 6.61 Å². The molecule has 10 heavy (non-hydrogen) atoms. The largest absolute Gasteiger partial charge is 0.510 e. The van der Waals surface area contributed by atoms with E-state index in [9.17, 15) is 4.79 Å². The lowest BCUT2D eigenvalue weighted by atomic mass is 10.4. The van der Waals surface area contributed by atoms with Crippen molar-refractivity contribution in [1.29, 1.82) is 0 Å². The first-order valence-corrected chi connectivity index (χ1v) is 3.07. The minimum atomic E-state index is -0.785. The van der Waals surface area contributed by atoms with Crippen LogP contribution in [0, 0.1) is 7.11 Å². The zero-order chi connectivity index (χ0) is 7.40. The average Bonchev–Trinajstić information content (AvgIpc) is 2.40. The highest BCUT2D eigenvalue weighted by atomic mass is 16.8. The summed E-state index contributed by atoms with van der Waals surface area (Å²) in [6, 6.07) is 0. The van der Waals surface area contributed by atoms with Gasteiger partial charge in [0, 0.05) is 6.42 Å². The molecule has 1 aliphatic heterocycles. The summed E-state index contributed by atoms with van der Waals surface area (Å²) in [5.74, 6) is 0. The van der Waals surface area contributed by atoms with E-state index in [0.29, 0.717) is 6.61 Å². The molecule has 4 heteroatoms. The Labute approximate surface area is 59.1 Å².